The third-order valence-corrected chi connectivity index (χ3v) is 3.52. The summed E-state index contributed by atoms with van der Waals surface area (Å²) in [5, 5.41) is 7.66. The fourth-order valence-electron chi connectivity index (χ4n) is 2.19. The van der Waals surface area contributed by atoms with E-state index in [1.807, 2.05) is 0 Å². The van der Waals surface area contributed by atoms with E-state index in [2.05, 4.69) is 22.5 Å². The Morgan fingerprint density at radius 1 is 1.04 bits per heavy atom. The number of anilines is 1. The number of carbonyl (C=O) groups excluding carboxylic acids is 2. The highest BCUT2D eigenvalue weighted by Gasteiger charge is 2.30. The molecule has 3 amide bonds. The molecule has 8 heteroatoms. The van der Waals surface area contributed by atoms with Gasteiger partial charge in [-0.3, -0.25) is 4.79 Å². The molecule has 0 aliphatic carbocycles. The molecule has 0 spiro atoms. The first-order valence-corrected chi connectivity index (χ1v) is 8.00. The molecule has 0 saturated heterocycles. The van der Waals surface area contributed by atoms with Gasteiger partial charge >= 0.3 is 12.2 Å². The normalized spacial score (nSPS) is 10.8. The van der Waals surface area contributed by atoms with E-state index >= 15 is 0 Å². The highest BCUT2D eigenvalue weighted by molar-refractivity contribution is 5.95. The molecule has 2 aromatic carbocycles. The first kappa shape index (κ1) is 20.0. The first-order chi connectivity index (χ1) is 12.8. The summed E-state index contributed by atoms with van der Waals surface area (Å²) >= 11 is 0. The quantitative estimate of drug-likeness (QED) is 0.668. The van der Waals surface area contributed by atoms with Gasteiger partial charge < -0.3 is 16.0 Å². The van der Waals surface area contributed by atoms with Gasteiger partial charge in [0, 0.05) is 24.3 Å². The van der Waals surface area contributed by atoms with Crippen LogP contribution in [0, 0.1) is 0 Å². The van der Waals surface area contributed by atoms with Gasteiger partial charge in [-0.15, -0.1) is 6.58 Å². The molecule has 0 unspecified atom stereocenters. The van der Waals surface area contributed by atoms with Crippen molar-refractivity contribution in [2.24, 2.45) is 0 Å². The van der Waals surface area contributed by atoms with E-state index in [9.17, 15) is 22.8 Å². The lowest BCUT2D eigenvalue weighted by molar-refractivity contribution is -0.137. The second kappa shape index (κ2) is 8.88. The minimum absolute atomic E-state index is 0.0577. The van der Waals surface area contributed by atoms with Gasteiger partial charge in [0.05, 0.1) is 5.56 Å². The Morgan fingerprint density at radius 2 is 1.74 bits per heavy atom. The molecule has 0 fully saturated rings. The molecule has 0 aliphatic rings. The lowest BCUT2D eigenvalue weighted by Crippen LogP contribution is -2.28. The summed E-state index contributed by atoms with van der Waals surface area (Å²) in [5.74, 6) is -0.268. The molecule has 27 heavy (non-hydrogen) atoms. The van der Waals surface area contributed by atoms with Crippen molar-refractivity contribution in [3.05, 3.63) is 77.9 Å². The Balaban J connectivity index is 1.89. The Morgan fingerprint density at radius 3 is 2.37 bits per heavy atom. The number of alkyl halides is 3. The number of amides is 3. The molecule has 0 radical (unpaired) electrons. The third-order valence-electron chi connectivity index (χ3n) is 3.52. The lowest BCUT2D eigenvalue weighted by Gasteiger charge is -2.11. The van der Waals surface area contributed by atoms with Gasteiger partial charge in [-0.1, -0.05) is 18.2 Å². The van der Waals surface area contributed by atoms with Gasteiger partial charge in [0.1, 0.15) is 0 Å². The van der Waals surface area contributed by atoms with Crippen molar-refractivity contribution in [3.8, 4) is 0 Å². The zero-order chi connectivity index (χ0) is 19.9. The van der Waals surface area contributed by atoms with Crippen molar-refractivity contribution >= 4 is 17.6 Å². The average molecular weight is 377 g/mol. The molecule has 0 aliphatic heterocycles. The van der Waals surface area contributed by atoms with Crippen LogP contribution in [-0.4, -0.2) is 18.5 Å². The molecule has 5 nitrogen and oxygen atoms in total. The molecule has 0 heterocycles. The van der Waals surface area contributed by atoms with E-state index in [1.165, 1.54) is 12.1 Å². The van der Waals surface area contributed by atoms with Crippen LogP contribution in [-0.2, 0) is 12.7 Å². The van der Waals surface area contributed by atoms with Crippen LogP contribution in [0.1, 0.15) is 21.5 Å². The standard InChI is InChI=1S/C19H18F3N3O2/c1-2-10-23-17(26)14-6-8-16(9-7-14)25-18(27)24-12-13-4-3-5-15(11-13)19(20,21)22/h2-9,11H,1,10,12H2,(H,23,26)(H2,24,25,27). The lowest BCUT2D eigenvalue weighted by atomic mass is 10.1. The summed E-state index contributed by atoms with van der Waals surface area (Å²) in [7, 11) is 0. The zero-order valence-electron chi connectivity index (χ0n) is 14.3. The van der Waals surface area contributed by atoms with Crippen LogP contribution in [0.15, 0.2) is 61.2 Å². The third kappa shape index (κ3) is 6.18. The number of benzene rings is 2. The summed E-state index contributed by atoms with van der Waals surface area (Å²) in [6, 6.07) is 10.3. The van der Waals surface area contributed by atoms with E-state index < -0.39 is 17.8 Å². The van der Waals surface area contributed by atoms with E-state index in [0.717, 1.165) is 12.1 Å². The number of hydrogen-bond acceptors (Lipinski definition) is 2. The highest BCUT2D eigenvalue weighted by atomic mass is 19.4. The molecular weight excluding hydrogens is 359 g/mol. The molecule has 0 aromatic heterocycles. The Kier molecular flexibility index (Phi) is 6.59. The fraction of sp³-hybridized carbons (Fsp3) is 0.158. The van der Waals surface area contributed by atoms with E-state index in [1.54, 1.807) is 30.3 Å². The summed E-state index contributed by atoms with van der Waals surface area (Å²) < 4.78 is 38.0. The van der Waals surface area contributed by atoms with E-state index in [-0.39, 0.29) is 12.5 Å². The minimum atomic E-state index is -4.43. The number of hydrogen-bond donors (Lipinski definition) is 3. The molecule has 2 aromatic rings. The maximum absolute atomic E-state index is 12.7. The molecule has 0 atom stereocenters. The highest BCUT2D eigenvalue weighted by Crippen LogP contribution is 2.29. The second-order valence-corrected chi connectivity index (χ2v) is 5.58. The van der Waals surface area contributed by atoms with Crippen LogP contribution in [0.3, 0.4) is 0 Å². The SMILES string of the molecule is C=CCNC(=O)c1ccc(NC(=O)NCc2cccc(C(F)(F)F)c2)cc1. The Hall–Kier alpha value is -3.29. The van der Waals surface area contributed by atoms with Crippen molar-refractivity contribution in [1.82, 2.24) is 10.6 Å². The summed E-state index contributed by atoms with van der Waals surface area (Å²) in [6.45, 7) is 3.79. The van der Waals surface area contributed by atoms with Crippen LogP contribution in [0.25, 0.3) is 0 Å². The van der Waals surface area contributed by atoms with Gasteiger partial charge in [-0.05, 0) is 42.0 Å². The largest absolute Gasteiger partial charge is 0.416 e. The predicted molar refractivity (Wildman–Crippen MR) is 96.3 cm³/mol. The van der Waals surface area contributed by atoms with Gasteiger partial charge in [0.15, 0.2) is 0 Å². The molecule has 0 bridgehead atoms. The first-order valence-electron chi connectivity index (χ1n) is 8.00. The minimum Gasteiger partial charge on any atom is -0.349 e. The topological polar surface area (TPSA) is 70.2 Å². The smallest absolute Gasteiger partial charge is 0.349 e. The van der Waals surface area contributed by atoms with Crippen LogP contribution in [0.5, 0.6) is 0 Å². The van der Waals surface area contributed by atoms with Crippen molar-refractivity contribution in [3.63, 3.8) is 0 Å². The fourth-order valence-corrected chi connectivity index (χ4v) is 2.19. The average Bonchev–Trinajstić information content (AvgIpc) is 2.64. The Bertz CT molecular complexity index is 818. The number of carbonyl (C=O) groups is 2. The van der Waals surface area contributed by atoms with Crippen molar-refractivity contribution < 1.29 is 22.8 Å². The Labute approximate surface area is 154 Å². The van der Waals surface area contributed by atoms with E-state index in [0.29, 0.717) is 23.4 Å². The monoisotopic (exact) mass is 377 g/mol. The number of rotatable bonds is 6. The summed E-state index contributed by atoms with van der Waals surface area (Å²) in [6.07, 6.45) is -2.87. The number of nitrogens with one attached hydrogen (secondary N) is 3. The van der Waals surface area contributed by atoms with Gasteiger partial charge in [0.25, 0.3) is 5.91 Å². The molecule has 0 saturated carbocycles. The maximum Gasteiger partial charge on any atom is 0.416 e. The van der Waals surface area contributed by atoms with Crippen molar-refractivity contribution in [2.75, 3.05) is 11.9 Å². The zero-order valence-corrected chi connectivity index (χ0v) is 14.3. The van der Waals surface area contributed by atoms with Crippen LogP contribution in [0.2, 0.25) is 0 Å². The summed E-state index contributed by atoms with van der Waals surface area (Å²) in [5.41, 5.74) is 0.422. The molecule has 142 valence electrons. The van der Waals surface area contributed by atoms with Crippen molar-refractivity contribution in [2.45, 2.75) is 12.7 Å². The van der Waals surface area contributed by atoms with Gasteiger partial charge in [-0.2, -0.15) is 13.2 Å². The van der Waals surface area contributed by atoms with Crippen LogP contribution < -0.4 is 16.0 Å². The van der Waals surface area contributed by atoms with E-state index in [4.69, 9.17) is 0 Å². The molecular formula is C19H18F3N3O2. The van der Waals surface area contributed by atoms with Gasteiger partial charge in [0.2, 0.25) is 0 Å². The van der Waals surface area contributed by atoms with Crippen LogP contribution in [0.4, 0.5) is 23.7 Å². The van der Waals surface area contributed by atoms with Crippen LogP contribution >= 0.6 is 0 Å². The second-order valence-electron chi connectivity index (χ2n) is 5.58. The number of halogens is 3. The molecule has 2 rings (SSSR count). The maximum atomic E-state index is 12.7. The van der Waals surface area contributed by atoms with Crippen molar-refractivity contribution in [1.29, 1.82) is 0 Å². The summed E-state index contributed by atoms with van der Waals surface area (Å²) in [4.78, 5) is 23.6. The number of urea groups is 1. The predicted octanol–water partition coefficient (Wildman–Crippen LogP) is 3.94. The van der Waals surface area contributed by atoms with Gasteiger partial charge in [-0.25, -0.2) is 4.79 Å². The molecule has 3 N–H and O–H groups in total.